The normalized spacial score (nSPS) is 32.9. The van der Waals surface area contributed by atoms with Crippen molar-refractivity contribution >= 4 is 9.84 Å². The van der Waals surface area contributed by atoms with Crippen molar-refractivity contribution < 1.29 is 28.5 Å². The molecule has 0 unspecified atom stereocenters. The van der Waals surface area contributed by atoms with Crippen LogP contribution < -0.4 is 0 Å². The van der Waals surface area contributed by atoms with Gasteiger partial charge < -0.3 is 20.1 Å². The molecule has 1 saturated heterocycles. The van der Waals surface area contributed by atoms with E-state index in [1.807, 2.05) is 0 Å². The Hall–Kier alpha value is -1.07. The molecule has 0 amide bonds. The van der Waals surface area contributed by atoms with E-state index >= 15 is 0 Å². The molecule has 4 atom stereocenters. The minimum atomic E-state index is -3.55. The highest BCUT2D eigenvalue weighted by Crippen LogP contribution is 2.28. The lowest BCUT2D eigenvalue weighted by Crippen LogP contribution is -2.33. The molecule has 0 bridgehead atoms. The van der Waals surface area contributed by atoms with Crippen LogP contribution in [-0.2, 0) is 14.6 Å². The maximum Gasteiger partial charge on any atom is 0.266 e. The van der Waals surface area contributed by atoms with Gasteiger partial charge in [0, 0.05) is 6.26 Å². The summed E-state index contributed by atoms with van der Waals surface area (Å²) in [7, 11) is -3.55. The summed E-state index contributed by atoms with van der Waals surface area (Å²) in [6.45, 7) is -0.470. The highest BCUT2D eigenvalue weighted by atomic mass is 32.2. The summed E-state index contributed by atoms with van der Waals surface area (Å²) >= 11 is 0. The van der Waals surface area contributed by atoms with Crippen LogP contribution in [0.25, 0.3) is 0 Å². The van der Waals surface area contributed by atoms with Gasteiger partial charge in [-0.1, -0.05) is 0 Å². The second kappa shape index (κ2) is 4.55. The molecule has 1 aliphatic rings. The number of aliphatic hydroxyl groups excluding tert-OH is 3. The van der Waals surface area contributed by atoms with Crippen LogP contribution in [-0.4, -0.2) is 69.7 Å². The fraction of sp³-hybridized carbons (Fsp3) is 0.750. The highest BCUT2D eigenvalue weighted by Gasteiger charge is 2.44. The van der Waals surface area contributed by atoms with Gasteiger partial charge in [0.2, 0.25) is 9.84 Å². The Morgan fingerprint density at radius 1 is 1.44 bits per heavy atom. The van der Waals surface area contributed by atoms with E-state index in [0.717, 1.165) is 17.3 Å². The molecule has 1 aromatic rings. The van der Waals surface area contributed by atoms with Crippen LogP contribution in [0.15, 0.2) is 11.5 Å². The summed E-state index contributed by atoms with van der Waals surface area (Å²) < 4.78 is 28.6. The number of aliphatic hydroxyl groups is 3. The van der Waals surface area contributed by atoms with Crippen LogP contribution >= 0.6 is 0 Å². The molecule has 0 saturated carbocycles. The van der Waals surface area contributed by atoms with Crippen molar-refractivity contribution in [2.24, 2.45) is 0 Å². The number of nitrogens with zero attached hydrogens (tertiary/aromatic N) is 3. The van der Waals surface area contributed by atoms with Crippen molar-refractivity contribution in [3.63, 3.8) is 0 Å². The maximum atomic E-state index is 11.2. The number of aromatic nitrogens is 3. The van der Waals surface area contributed by atoms with Crippen LogP contribution in [0.4, 0.5) is 0 Å². The predicted molar refractivity (Wildman–Crippen MR) is 56.1 cm³/mol. The molecule has 0 aromatic carbocycles. The Labute approximate surface area is 103 Å². The van der Waals surface area contributed by atoms with Gasteiger partial charge in [-0.15, -0.1) is 5.10 Å². The van der Waals surface area contributed by atoms with Crippen molar-refractivity contribution in [2.75, 3.05) is 12.9 Å². The predicted octanol–water partition coefficient (Wildman–Crippen LogP) is -2.71. The zero-order valence-corrected chi connectivity index (χ0v) is 10.2. The molecule has 18 heavy (non-hydrogen) atoms. The van der Waals surface area contributed by atoms with Crippen LogP contribution in [0.5, 0.6) is 0 Å². The first-order chi connectivity index (χ1) is 8.34. The van der Waals surface area contributed by atoms with Crippen molar-refractivity contribution in [3.05, 3.63) is 6.33 Å². The summed E-state index contributed by atoms with van der Waals surface area (Å²) in [5.74, 6) is 0. The van der Waals surface area contributed by atoms with Crippen molar-refractivity contribution in [2.45, 2.75) is 29.7 Å². The SMILES string of the molecule is CS(=O)(=O)c1ncn([C@@H]2O[C@@H](CO)[C@@H](O)[C@@H]2O)n1. The van der Waals surface area contributed by atoms with Gasteiger partial charge in [0.15, 0.2) is 6.23 Å². The largest absolute Gasteiger partial charge is 0.394 e. The van der Waals surface area contributed by atoms with Crippen molar-refractivity contribution in [3.8, 4) is 0 Å². The Bertz CT molecular complexity index is 529. The number of hydrogen-bond acceptors (Lipinski definition) is 8. The van der Waals surface area contributed by atoms with Crippen molar-refractivity contribution in [1.29, 1.82) is 0 Å². The van der Waals surface area contributed by atoms with Crippen LogP contribution in [0.2, 0.25) is 0 Å². The number of sulfone groups is 1. The first kappa shape index (κ1) is 13.4. The Kier molecular flexibility index (Phi) is 3.38. The van der Waals surface area contributed by atoms with Gasteiger partial charge in [0.25, 0.3) is 5.16 Å². The second-order valence-electron chi connectivity index (χ2n) is 4.01. The minimum Gasteiger partial charge on any atom is -0.394 e. The molecule has 3 N–H and O–H groups in total. The van der Waals surface area contributed by atoms with E-state index in [2.05, 4.69) is 10.1 Å². The number of rotatable bonds is 3. The van der Waals surface area contributed by atoms with E-state index in [4.69, 9.17) is 9.84 Å². The molecule has 10 heteroatoms. The number of ether oxygens (including phenoxy) is 1. The van der Waals surface area contributed by atoms with Gasteiger partial charge in [0.1, 0.15) is 24.6 Å². The van der Waals surface area contributed by atoms with Crippen LogP contribution in [0, 0.1) is 0 Å². The van der Waals surface area contributed by atoms with Gasteiger partial charge in [0.05, 0.1) is 6.61 Å². The minimum absolute atomic E-state index is 0.403. The zero-order chi connectivity index (χ0) is 13.5. The average molecular weight is 279 g/mol. The van der Waals surface area contributed by atoms with E-state index in [1.165, 1.54) is 0 Å². The summed E-state index contributed by atoms with van der Waals surface area (Å²) in [4.78, 5) is 3.57. The summed E-state index contributed by atoms with van der Waals surface area (Å²) in [5, 5.41) is 31.4. The van der Waals surface area contributed by atoms with E-state index in [9.17, 15) is 18.6 Å². The molecular formula is C8H13N3O6S. The molecule has 0 radical (unpaired) electrons. The van der Waals surface area contributed by atoms with E-state index in [0.29, 0.717) is 0 Å². The molecule has 0 aliphatic carbocycles. The summed E-state index contributed by atoms with van der Waals surface area (Å²) in [6, 6.07) is 0. The molecule has 0 spiro atoms. The summed E-state index contributed by atoms with van der Waals surface area (Å²) in [5.41, 5.74) is 0. The van der Waals surface area contributed by atoms with Crippen LogP contribution in [0.1, 0.15) is 6.23 Å². The average Bonchev–Trinajstić information content (AvgIpc) is 2.86. The third-order valence-corrected chi connectivity index (χ3v) is 3.45. The number of hydrogen-bond donors (Lipinski definition) is 3. The van der Waals surface area contributed by atoms with Gasteiger partial charge in [-0.25, -0.2) is 18.1 Å². The van der Waals surface area contributed by atoms with Gasteiger partial charge >= 0.3 is 0 Å². The van der Waals surface area contributed by atoms with Crippen molar-refractivity contribution in [1.82, 2.24) is 14.8 Å². The lowest BCUT2D eigenvalue weighted by Gasteiger charge is -2.13. The van der Waals surface area contributed by atoms with Gasteiger partial charge in [-0.2, -0.15) is 0 Å². The molecule has 2 rings (SSSR count). The lowest BCUT2D eigenvalue weighted by molar-refractivity contribution is -0.0592. The molecule has 1 fully saturated rings. The molecule has 1 aliphatic heterocycles. The second-order valence-corrected chi connectivity index (χ2v) is 5.92. The van der Waals surface area contributed by atoms with Gasteiger partial charge in [-0.05, 0) is 0 Å². The zero-order valence-electron chi connectivity index (χ0n) is 9.41. The first-order valence-corrected chi connectivity index (χ1v) is 6.97. The van der Waals surface area contributed by atoms with E-state index in [1.54, 1.807) is 0 Å². The quantitative estimate of drug-likeness (QED) is 0.543. The van der Waals surface area contributed by atoms with Crippen LogP contribution in [0.3, 0.4) is 0 Å². The third kappa shape index (κ3) is 2.24. The monoisotopic (exact) mass is 279 g/mol. The fourth-order valence-corrected chi connectivity index (χ4v) is 2.13. The van der Waals surface area contributed by atoms with Gasteiger partial charge in [-0.3, -0.25) is 0 Å². The molecule has 102 valence electrons. The molecule has 2 heterocycles. The van der Waals surface area contributed by atoms with E-state index < -0.39 is 46.1 Å². The molecule has 1 aromatic heterocycles. The standard InChI is InChI=1S/C8H13N3O6S/c1-18(15,16)8-9-3-11(10-8)7-6(14)5(13)4(2-12)17-7/h3-7,12-14H,2H2,1H3/t4-,5+,6-,7+/m0/s1. The molecular weight excluding hydrogens is 266 g/mol. The summed E-state index contributed by atoms with van der Waals surface area (Å²) in [6.07, 6.45) is -2.60. The fourth-order valence-electron chi connectivity index (χ4n) is 1.65. The lowest BCUT2D eigenvalue weighted by atomic mass is 10.1. The Morgan fingerprint density at radius 3 is 2.56 bits per heavy atom. The van der Waals surface area contributed by atoms with E-state index in [-0.39, 0.29) is 0 Å². The maximum absolute atomic E-state index is 11.2. The Morgan fingerprint density at radius 2 is 2.11 bits per heavy atom. The highest BCUT2D eigenvalue weighted by molar-refractivity contribution is 7.90. The Balaban J connectivity index is 2.25. The first-order valence-electron chi connectivity index (χ1n) is 5.08. The third-order valence-electron chi connectivity index (χ3n) is 2.60. The molecule has 9 nitrogen and oxygen atoms in total. The topological polar surface area (TPSA) is 135 Å². The smallest absolute Gasteiger partial charge is 0.266 e.